The van der Waals surface area contributed by atoms with Gasteiger partial charge in [-0.1, -0.05) is 6.58 Å². The lowest BCUT2D eigenvalue weighted by Gasteiger charge is -2.02. The lowest BCUT2D eigenvalue weighted by atomic mass is 10.3. The molecule has 3 nitrogen and oxygen atoms in total. The van der Waals surface area contributed by atoms with Crippen molar-refractivity contribution >= 4 is 11.6 Å². The molecule has 1 aliphatic rings. The van der Waals surface area contributed by atoms with Crippen LogP contribution in [0, 0.1) is 5.92 Å². The molecule has 0 unspecified atom stereocenters. The number of amides is 1. The van der Waals surface area contributed by atoms with Gasteiger partial charge in [-0.15, -0.1) is 0 Å². The average Bonchev–Trinajstić information content (AvgIpc) is 2.86. The number of hydrogen-bond acceptors (Lipinski definition) is 2. The van der Waals surface area contributed by atoms with Gasteiger partial charge >= 0.3 is 0 Å². The van der Waals surface area contributed by atoms with E-state index in [2.05, 4.69) is 16.9 Å². The Kier molecular flexibility index (Phi) is 3.02. The van der Waals surface area contributed by atoms with Crippen LogP contribution in [0.2, 0.25) is 0 Å². The van der Waals surface area contributed by atoms with Crippen LogP contribution >= 0.6 is 0 Å². The van der Waals surface area contributed by atoms with E-state index in [1.54, 1.807) is 7.05 Å². The van der Waals surface area contributed by atoms with E-state index in [-0.39, 0.29) is 5.91 Å². The largest absolute Gasteiger partial charge is 0.350 e. The van der Waals surface area contributed by atoms with Crippen molar-refractivity contribution in [3.8, 4) is 0 Å². The Balaban J connectivity index is 2.29. The second-order valence-corrected chi connectivity index (χ2v) is 2.97. The molecule has 66 valence electrons. The normalized spacial score (nSPS) is 17.2. The van der Waals surface area contributed by atoms with Gasteiger partial charge in [-0.05, 0) is 24.8 Å². The molecule has 1 amide bonds. The molecule has 0 aliphatic heterocycles. The molecule has 0 bridgehead atoms. The molecule has 1 saturated carbocycles. The van der Waals surface area contributed by atoms with Gasteiger partial charge in [0, 0.05) is 13.6 Å². The molecular formula is C9H14N2O. The van der Waals surface area contributed by atoms with Gasteiger partial charge in [0.2, 0.25) is 0 Å². The Labute approximate surface area is 72.6 Å². The van der Waals surface area contributed by atoms with Gasteiger partial charge in [-0.3, -0.25) is 9.79 Å². The summed E-state index contributed by atoms with van der Waals surface area (Å²) in [5, 5.41) is 2.81. The maximum atomic E-state index is 11.2. The minimum atomic E-state index is -0.112. The molecule has 1 fully saturated rings. The van der Waals surface area contributed by atoms with Crippen molar-refractivity contribution in [2.24, 2.45) is 10.9 Å². The lowest BCUT2D eigenvalue weighted by Crippen LogP contribution is -2.31. The fourth-order valence-electron chi connectivity index (χ4n) is 0.935. The third kappa shape index (κ3) is 2.49. The Morgan fingerprint density at radius 3 is 2.83 bits per heavy atom. The van der Waals surface area contributed by atoms with Gasteiger partial charge in [0.25, 0.3) is 5.91 Å². The zero-order valence-corrected chi connectivity index (χ0v) is 7.34. The van der Waals surface area contributed by atoms with Crippen LogP contribution in [-0.2, 0) is 4.79 Å². The van der Waals surface area contributed by atoms with Crippen LogP contribution in [0.25, 0.3) is 0 Å². The molecule has 0 heterocycles. The molecule has 1 aliphatic carbocycles. The number of hydrogen-bond donors (Lipinski definition) is 1. The van der Waals surface area contributed by atoms with E-state index < -0.39 is 0 Å². The first kappa shape index (κ1) is 8.97. The number of nitrogens with one attached hydrogen (secondary N) is 1. The van der Waals surface area contributed by atoms with Gasteiger partial charge in [-0.25, -0.2) is 0 Å². The Morgan fingerprint density at radius 1 is 1.75 bits per heavy atom. The SMILES string of the molecule is C=C/C(=N\C)C(=O)NCC1CC1. The maximum absolute atomic E-state index is 11.2. The highest BCUT2D eigenvalue weighted by Gasteiger charge is 2.21. The molecule has 0 atom stereocenters. The molecule has 0 aromatic heterocycles. The van der Waals surface area contributed by atoms with Crippen molar-refractivity contribution < 1.29 is 4.79 Å². The third-order valence-corrected chi connectivity index (χ3v) is 1.92. The zero-order valence-electron chi connectivity index (χ0n) is 7.34. The minimum Gasteiger partial charge on any atom is -0.350 e. The average molecular weight is 166 g/mol. The Bertz CT molecular complexity index is 217. The molecule has 0 radical (unpaired) electrons. The van der Waals surface area contributed by atoms with Crippen molar-refractivity contribution in [3.05, 3.63) is 12.7 Å². The minimum absolute atomic E-state index is 0.112. The summed E-state index contributed by atoms with van der Waals surface area (Å²) in [4.78, 5) is 15.0. The molecule has 0 saturated heterocycles. The van der Waals surface area contributed by atoms with E-state index in [1.807, 2.05) is 0 Å². The van der Waals surface area contributed by atoms with Crippen LogP contribution < -0.4 is 5.32 Å². The van der Waals surface area contributed by atoms with Crippen molar-refractivity contribution in [2.45, 2.75) is 12.8 Å². The highest BCUT2D eigenvalue weighted by atomic mass is 16.1. The number of aliphatic imine (C=N–C) groups is 1. The summed E-state index contributed by atoms with van der Waals surface area (Å²) in [6.45, 7) is 4.29. The first-order valence-electron chi connectivity index (χ1n) is 4.15. The zero-order chi connectivity index (χ0) is 8.97. The van der Waals surface area contributed by atoms with Gasteiger partial charge in [-0.2, -0.15) is 0 Å². The smallest absolute Gasteiger partial charge is 0.269 e. The van der Waals surface area contributed by atoms with Crippen molar-refractivity contribution in [1.82, 2.24) is 5.32 Å². The molecule has 0 aromatic carbocycles. The molecule has 12 heavy (non-hydrogen) atoms. The predicted octanol–water partition coefficient (Wildman–Crippen LogP) is 0.769. The first-order valence-corrected chi connectivity index (χ1v) is 4.15. The summed E-state index contributed by atoms with van der Waals surface area (Å²) in [5.41, 5.74) is 0.413. The third-order valence-electron chi connectivity index (χ3n) is 1.92. The Morgan fingerprint density at radius 2 is 2.42 bits per heavy atom. The van der Waals surface area contributed by atoms with E-state index in [0.29, 0.717) is 11.6 Å². The second kappa shape index (κ2) is 4.04. The molecule has 1 N–H and O–H groups in total. The van der Waals surface area contributed by atoms with E-state index >= 15 is 0 Å². The van der Waals surface area contributed by atoms with Gasteiger partial charge in [0.05, 0.1) is 0 Å². The predicted molar refractivity (Wildman–Crippen MR) is 49.3 cm³/mol. The lowest BCUT2D eigenvalue weighted by molar-refractivity contribution is -0.114. The summed E-state index contributed by atoms with van der Waals surface area (Å²) in [6, 6.07) is 0. The number of rotatable bonds is 4. The quantitative estimate of drug-likeness (QED) is 0.616. The van der Waals surface area contributed by atoms with Crippen molar-refractivity contribution in [1.29, 1.82) is 0 Å². The number of nitrogens with zero attached hydrogens (tertiary/aromatic N) is 1. The van der Waals surface area contributed by atoms with Crippen LogP contribution in [0.3, 0.4) is 0 Å². The summed E-state index contributed by atoms with van der Waals surface area (Å²) < 4.78 is 0. The topological polar surface area (TPSA) is 41.5 Å². The van der Waals surface area contributed by atoms with Gasteiger partial charge in [0.1, 0.15) is 5.71 Å². The van der Waals surface area contributed by atoms with Crippen molar-refractivity contribution in [3.63, 3.8) is 0 Å². The highest BCUT2D eigenvalue weighted by molar-refractivity contribution is 6.43. The van der Waals surface area contributed by atoms with Crippen molar-refractivity contribution in [2.75, 3.05) is 13.6 Å². The molecule has 0 aromatic rings. The fraction of sp³-hybridized carbons (Fsp3) is 0.556. The summed E-state index contributed by atoms with van der Waals surface area (Å²) in [5.74, 6) is 0.594. The summed E-state index contributed by atoms with van der Waals surface area (Å²) in [6.07, 6.45) is 3.96. The van der Waals surface area contributed by atoms with E-state index in [0.717, 1.165) is 6.54 Å². The molecule has 1 rings (SSSR count). The Hall–Kier alpha value is -1.12. The standard InChI is InChI=1S/C9H14N2O/c1-3-8(10-2)9(12)11-6-7-4-5-7/h3,7H,1,4-6H2,2H3,(H,11,12)/b10-8+. The van der Waals surface area contributed by atoms with E-state index in [4.69, 9.17) is 0 Å². The maximum Gasteiger partial charge on any atom is 0.269 e. The number of carbonyl (C=O) groups excluding carboxylic acids is 1. The van der Waals surface area contributed by atoms with Gasteiger partial charge in [0.15, 0.2) is 0 Å². The molecule has 0 spiro atoms. The molecule has 3 heteroatoms. The summed E-state index contributed by atoms with van der Waals surface area (Å²) in [7, 11) is 1.59. The first-order chi connectivity index (χ1) is 5.77. The van der Waals surface area contributed by atoms with Crippen LogP contribution in [-0.4, -0.2) is 25.2 Å². The van der Waals surface area contributed by atoms with Crippen LogP contribution in [0.4, 0.5) is 0 Å². The van der Waals surface area contributed by atoms with Crippen LogP contribution in [0.5, 0.6) is 0 Å². The van der Waals surface area contributed by atoms with E-state index in [9.17, 15) is 4.79 Å². The highest BCUT2D eigenvalue weighted by Crippen LogP contribution is 2.27. The monoisotopic (exact) mass is 166 g/mol. The van der Waals surface area contributed by atoms with Crippen LogP contribution in [0.1, 0.15) is 12.8 Å². The van der Waals surface area contributed by atoms with Gasteiger partial charge < -0.3 is 5.32 Å². The van der Waals surface area contributed by atoms with Crippen LogP contribution in [0.15, 0.2) is 17.6 Å². The summed E-state index contributed by atoms with van der Waals surface area (Å²) >= 11 is 0. The second-order valence-electron chi connectivity index (χ2n) is 2.97. The number of carbonyl (C=O) groups is 1. The fourth-order valence-corrected chi connectivity index (χ4v) is 0.935. The van der Waals surface area contributed by atoms with E-state index in [1.165, 1.54) is 18.9 Å². The molecular weight excluding hydrogens is 152 g/mol.